The summed E-state index contributed by atoms with van der Waals surface area (Å²) in [6, 6.07) is 7.26. The number of hydrogen-bond acceptors (Lipinski definition) is 3. The molecule has 0 aliphatic carbocycles. The molecule has 1 rings (SSSR count). The maximum atomic E-state index is 8.87. The summed E-state index contributed by atoms with van der Waals surface area (Å²) in [4.78, 5) is 0. The molecule has 0 radical (unpaired) electrons. The number of methoxy groups -OCH3 is 1. The Morgan fingerprint density at radius 2 is 2.07 bits per heavy atom. The normalized spacial score (nSPS) is 9.64. The van der Waals surface area contributed by atoms with Crippen LogP contribution in [0.3, 0.4) is 0 Å². The molecule has 0 saturated carbocycles. The highest BCUT2D eigenvalue weighted by Gasteiger charge is 2.06. The first kappa shape index (κ1) is 10.4. The first-order valence-electron chi connectivity index (χ1n) is 4.42. The number of hydrogen-bond donors (Lipinski definition) is 0. The molecule has 0 fully saturated rings. The van der Waals surface area contributed by atoms with Crippen LogP contribution >= 0.6 is 0 Å². The van der Waals surface area contributed by atoms with E-state index in [4.69, 9.17) is 14.7 Å². The summed E-state index contributed by atoms with van der Waals surface area (Å²) in [6.07, 6.45) is 0.0653. The third-order valence-electron chi connectivity index (χ3n) is 1.67. The minimum atomic E-state index is 0.0653. The topological polar surface area (TPSA) is 42.2 Å². The molecular formula is C11H13NO2. The van der Waals surface area contributed by atoms with Crippen molar-refractivity contribution in [3.63, 3.8) is 0 Å². The zero-order chi connectivity index (χ0) is 10.6. The van der Waals surface area contributed by atoms with Gasteiger partial charge in [-0.15, -0.1) is 0 Å². The van der Waals surface area contributed by atoms with E-state index in [9.17, 15) is 0 Å². The lowest BCUT2D eigenvalue weighted by Gasteiger charge is -2.11. The van der Waals surface area contributed by atoms with Crippen LogP contribution in [0.4, 0.5) is 0 Å². The Hall–Kier alpha value is -1.69. The third-order valence-corrected chi connectivity index (χ3v) is 1.67. The lowest BCUT2D eigenvalue weighted by atomic mass is 10.2. The lowest BCUT2D eigenvalue weighted by molar-refractivity contribution is 0.241. The second-order valence-electron chi connectivity index (χ2n) is 3.14. The van der Waals surface area contributed by atoms with Gasteiger partial charge in [-0.1, -0.05) is 0 Å². The van der Waals surface area contributed by atoms with E-state index in [2.05, 4.69) is 6.07 Å². The average molecular weight is 191 g/mol. The quantitative estimate of drug-likeness (QED) is 0.736. The van der Waals surface area contributed by atoms with E-state index >= 15 is 0 Å². The fraction of sp³-hybridized carbons (Fsp3) is 0.364. The van der Waals surface area contributed by atoms with Crippen molar-refractivity contribution in [1.82, 2.24) is 0 Å². The van der Waals surface area contributed by atoms with E-state index in [1.54, 1.807) is 25.3 Å². The SMILES string of the molecule is COc1ccc(OC(C)C)c(C#N)c1. The van der Waals surface area contributed by atoms with Gasteiger partial charge < -0.3 is 9.47 Å². The highest BCUT2D eigenvalue weighted by molar-refractivity contribution is 5.47. The van der Waals surface area contributed by atoms with Gasteiger partial charge >= 0.3 is 0 Å². The standard InChI is InChI=1S/C11H13NO2/c1-8(2)14-11-5-4-10(13-3)6-9(11)7-12/h4-6,8H,1-3H3. The van der Waals surface area contributed by atoms with E-state index in [1.807, 2.05) is 13.8 Å². The minimum Gasteiger partial charge on any atom is -0.497 e. The maximum absolute atomic E-state index is 8.87. The Bertz CT molecular complexity index is 353. The first-order valence-corrected chi connectivity index (χ1v) is 4.42. The van der Waals surface area contributed by atoms with Gasteiger partial charge in [-0.25, -0.2) is 0 Å². The molecule has 0 unspecified atom stereocenters. The van der Waals surface area contributed by atoms with Gasteiger partial charge in [0.25, 0.3) is 0 Å². The van der Waals surface area contributed by atoms with Crippen LogP contribution in [0.25, 0.3) is 0 Å². The molecule has 0 aliphatic heterocycles. The molecule has 0 bridgehead atoms. The van der Waals surface area contributed by atoms with Crippen LogP contribution < -0.4 is 9.47 Å². The van der Waals surface area contributed by atoms with Gasteiger partial charge in [0, 0.05) is 6.07 Å². The average Bonchev–Trinajstić information content (AvgIpc) is 2.17. The van der Waals surface area contributed by atoms with Gasteiger partial charge in [0.05, 0.1) is 18.8 Å². The fourth-order valence-corrected chi connectivity index (χ4v) is 1.08. The van der Waals surface area contributed by atoms with E-state index in [-0.39, 0.29) is 6.10 Å². The van der Waals surface area contributed by atoms with Crippen LogP contribution in [0.5, 0.6) is 11.5 Å². The molecule has 0 heterocycles. The van der Waals surface area contributed by atoms with Gasteiger partial charge in [-0.3, -0.25) is 0 Å². The van der Waals surface area contributed by atoms with Crippen molar-refractivity contribution in [2.45, 2.75) is 20.0 Å². The summed E-state index contributed by atoms with van der Waals surface area (Å²) in [7, 11) is 1.57. The molecule has 1 aromatic rings. The van der Waals surface area contributed by atoms with E-state index in [0.29, 0.717) is 17.1 Å². The zero-order valence-electron chi connectivity index (χ0n) is 8.57. The summed E-state index contributed by atoms with van der Waals surface area (Å²) in [5.41, 5.74) is 0.498. The smallest absolute Gasteiger partial charge is 0.137 e. The van der Waals surface area contributed by atoms with Crippen LogP contribution in [0.1, 0.15) is 19.4 Å². The van der Waals surface area contributed by atoms with Crippen LogP contribution in [0, 0.1) is 11.3 Å². The molecule has 0 aromatic heterocycles. The maximum Gasteiger partial charge on any atom is 0.137 e. The van der Waals surface area contributed by atoms with Crippen molar-refractivity contribution >= 4 is 0 Å². The molecule has 0 amide bonds. The minimum absolute atomic E-state index is 0.0653. The molecule has 14 heavy (non-hydrogen) atoms. The van der Waals surface area contributed by atoms with Crippen LogP contribution in [0.15, 0.2) is 18.2 Å². The summed E-state index contributed by atoms with van der Waals surface area (Å²) in [5, 5.41) is 8.87. The van der Waals surface area contributed by atoms with E-state index in [1.165, 1.54) is 0 Å². The van der Waals surface area contributed by atoms with Crippen LogP contribution in [-0.4, -0.2) is 13.2 Å². The van der Waals surface area contributed by atoms with Crippen molar-refractivity contribution in [3.8, 4) is 17.6 Å². The highest BCUT2D eigenvalue weighted by atomic mass is 16.5. The Morgan fingerprint density at radius 3 is 2.57 bits per heavy atom. The summed E-state index contributed by atoms with van der Waals surface area (Å²) >= 11 is 0. The Balaban J connectivity index is 3.01. The molecule has 1 aromatic carbocycles. The molecule has 74 valence electrons. The second kappa shape index (κ2) is 4.52. The number of nitrogens with zero attached hydrogens (tertiary/aromatic N) is 1. The zero-order valence-corrected chi connectivity index (χ0v) is 8.57. The van der Waals surface area contributed by atoms with Crippen molar-refractivity contribution < 1.29 is 9.47 Å². The Labute approximate surface area is 83.9 Å². The van der Waals surface area contributed by atoms with Gasteiger partial charge in [0.1, 0.15) is 17.6 Å². The van der Waals surface area contributed by atoms with E-state index < -0.39 is 0 Å². The van der Waals surface area contributed by atoms with Crippen molar-refractivity contribution in [2.75, 3.05) is 7.11 Å². The third kappa shape index (κ3) is 2.40. The predicted octanol–water partition coefficient (Wildman–Crippen LogP) is 2.35. The molecular weight excluding hydrogens is 178 g/mol. The molecule has 0 N–H and O–H groups in total. The monoisotopic (exact) mass is 191 g/mol. The number of rotatable bonds is 3. The van der Waals surface area contributed by atoms with Gasteiger partial charge in [0.15, 0.2) is 0 Å². The van der Waals surface area contributed by atoms with Gasteiger partial charge in [-0.05, 0) is 26.0 Å². The molecule has 0 saturated heterocycles. The molecule has 0 spiro atoms. The van der Waals surface area contributed by atoms with E-state index in [0.717, 1.165) is 0 Å². The Kier molecular flexibility index (Phi) is 3.35. The van der Waals surface area contributed by atoms with Gasteiger partial charge in [-0.2, -0.15) is 5.26 Å². The fourth-order valence-electron chi connectivity index (χ4n) is 1.08. The molecule has 0 aliphatic rings. The largest absolute Gasteiger partial charge is 0.497 e. The summed E-state index contributed by atoms with van der Waals surface area (Å²) in [6.45, 7) is 3.84. The molecule has 0 atom stereocenters. The van der Waals surface area contributed by atoms with Crippen LogP contribution in [0.2, 0.25) is 0 Å². The lowest BCUT2D eigenvalue weighted by Crippen LogP contribution is -2.06. The first-order chi connectivity index (χ1) is 6.67. The van der Waals surface area contributed by atoms with Crippen molar-refractivity contribution in [1.29, 1.82) is 5.26 Å². The van der Waals surface area contributed by atoms with Gasteiger partial charge in [0.2, 0.25) is 0 Å². The number of nitriles is 1. The van der Waals surface area contributed by atoms with Crippen molar-refractivity contribution in [3.05, 3.63) is 23.8 Å². The highest BCUT2D eigenvalue weighted by Crippen LogP contribution is 2.24. The number of ether oxygens (including phenoxy) is 2. The summed E-state index contributed by atoms with van der Waals surface area (Å²) < 4.78 is 10.5. The summed E-state index contributed by atoms with van der Waals surface area (Å²) in [5.74, 6) is 1.26. The van der Waals surface area contributed by atoms with Crippen molar-refractivity contribution in [2.24, 2.45) is 0 Å². The predicted molar refractivity (Wildman–Crippen MR) is 53.5 cm³/mol. The molecule has 3 nitrogen and oxygen atoms in total. The second-order valence-corrected chi connectivity index (χ2v) is 3.14. The van der Waals surface area contributed by atoms with Crippen LogP contribution in [-0.2, 0) is 0 Å². The molecule has 3 heteroatoms. The Morgan fingerprint density at radius 1 is 1.36 bits per heavy atom. The number of benzene rings is 1.